The molecular weight excluding hydrogens is 260 g/mol. The minimum Gasteiger partial charge on any atom is -0.478 e. The van der Waals surface area contributed by atoms with Crippen LogP contribution in [-0.2, 0) is 4.79 Å². The molecule has 2 atom stereocenters. The van der Waals surface area contributed by atoms with Crippen molar-refractivity contribution in [1.82, 2.24) is 10.3 Å². The van der Waals surface area contributed by atoms with E-state index >= 15 is 0 Å². The Morgan fingerprint density at radius 1 is 1.55 bits per heavy atom. The first-order chi connectivity index (χ1) is 9.58. The van der Waals surface area contributed by atoms with Crippen LogP contribution in [-0.4, -0.2) is 41.1 Å². The summed E-state index contributed by atoms with van der Waals surface area (Å²) in [6, 6.07) is 1.54. The third-order valence-electron chi connectivity index (χ3n) is 4.05. The summed E-state index contributed by atoms with van der Waals surface area (Å²) in [6.45, 7) is 1.35. The molecule has 2 aliphatic heterocycles. The summed E-state index contributed by atoms with van der Waals surface area (Å²) in [5.74, 6) is -0.451. The fourth-order valence-electron chi connectivity index (χ4n) is 3.03. The van der Waals surface area contributed by atoms with E-state index in [1.165, 1.54) is 12.3 Å². The lowest BCUT2D eigenvalue weighted by Gasteiger charge is -2.36. The molecule has 20 heavy (non-hydrogen) atoms. The van der Waals surface area contributed by atoms with Crippen LogP contribution in [0, 0.1) is 5.92 Å². The third-order valence-corrected chi connectivity index (χ3v) is 4.05. The van der Waals surface area contributed by atoms with Gasteiger partial charge in [0.05, 0.1) is 29.4 Å². The topological polar surface area (TPSA) is 109 Å². The minimum absolute atomic E-state index is 0.0311. The Kier molecular flexibility index (Phi) is 2.96. The van der Waals surface area contributed by atoms with Gasteiger partial charge in [-0.2, -0.15) is 0 Å². The predicted molar refractivity (Wildman–Crippen MR) is 72.5 cm³/mol. The maximum absolute atomic E-state index is 11.7. The van der Waals surface area contributed by atoms with Gasteiger partial charge in [0, 0.05) is 13.1 Å². The van der Waals surface area contributed by atoms with Crippen molar-refractivity contribution in [2.45, 2.75) is 18.9 Å². The summed E-state index contributed by atoms with van der Waals surface area (Å²) >= 11 is 0. The van der Waals surface area contributed by atoms with Crippen LogP contribution in [0.2, 0.25) is 0 Å². The van der Waals surface area contributed by atoms with Gasteiger partial charge in [0.1, 0.15) is 5.82 Å². The first kappa shape index (κ1) is 12.7. The van der Waals surface area contributed by atoms with E-state index in [0.717, 1.165) is 19.4 Å². The maximum atomic E-state index is 11.7. The quantitative estimate of drug-likeness (QED) is 0.705. The molecule has 0 bridgehead atoms. The van der Waals surface area contributed by atoms with Crippen molar-refractivity contribution >= 4 is 23.4 Å². The molecule has 3 heterocycles. The zero-order chi connectivity index (χ0) is 14.3. The standard InChI is InChI=1S/C13H16N4O3/c14-9-5-15-11(4-8(9)13(19)20)17-3-1-2-7-10(17)6-16-12(7)18/h4-5,7,10H,1-3,6,14H2,(H,16,18)(H,19,20). The molecule has 1 aromatic rings. The molecule has 1 amide bonds. The maximum Gasteiger partial charge on any atom is 0.337 e. The Hall–Kier alpha value is -2.31. The van der Waals surface area contributed by atoms with Gasteiger partial charge in [-0.3, -0.25) is 4.79 Å². The summed E-state index contributed by atoms with van der Waals surface area (Å²) in [7, 11) is 0. The van der Waals surface area contributed by atoms with E-state index < -0.39 is 5.97 Å². The molecule has 7 heteroatoms. The molecule has 2 aliphatic rings. The Balaban J connectivity index is 1.94. The molecule has 2 saturated heterocycles. The molecule has 3 rings (SSSR count). The zero-order valence-electron chi connectivity index (χ0n) is 10.9. The number of carboxylic acids is 1. The van der Waals surface area contributed by atoms with Crippen molar-refractivity contribution in [3.05, 3.63) is 17.8 Å². The van der Waals surface area contributed by atoms with E-state index in [4.69, 9.17) is 10.8 Å². The molecule has 0 radical (unpaired) electrons. The average molecular weight is 276 g/mol. The molecule has 106 valence electrons. The van der Waals surface area contributed by atoms with E-state index in [1.807, 2.05) is 4.90 Å². The van der Waals surface area contributed by atoms with Crippen LogP contribution in [0.4, 0.5) is 11.5 Å². The fourth-order valence-corrected chi connectivity index (χ4v) is 3.03. The van der Waals surface area contributed by atoms with Crippen LogP contribution < -0.4 is 16.0 Å². The average Bonchev–Trinajstić information content (AvgIpc) is 2.81. The third kappa shape index (κ3) is 1.95. The largest absolute Gasteiger partial charge is 0.478 e. The molecule has 2 fully saturated rings. The molecular formula is C13H16N4O3. The SMILES string of the molecule is Nc1cnc(N2CCCC3C(=O)NCC32)cc1C(=O)O. The van der Waals surface area contributed by atoms with Crippen LogP contribution >= 0.6 is 0 Å². The van der Waals surface area contributed by atoms with Crippen LogP contribution in [0.1, 0.15) is 23.2 Å². The van der Waals surface area contributed by atoms with Gasteiger partial charge in [0.2, 0.25) is 5.91 Å². The van der Waals surface area contributed by atoms with Crippen LogP contribution in [0.5, 0.6) is 0 Å². The number of anilines is 2. The van der Waals surface area contributed by atoms with E-state index in [2.05, 4.69) is 10.3 Å². The van der Waals surface area contributed by atoms with Gasteiger partial charge < -0.3 is 21.1 Å². The number of rotatable bonds is 2. The summed E-state index contributed by atoms with van der Waals surface area (Å²) in [5.41, 5.74) is 5.82. The summed E-state index contributed by atoms with van der Waals surface area (Å²) in [5, 5.41) is 12.0. The van der Waals surface area contributed by atoms with Gasteiger partial charge in [-0.05, 0) is 18.9 Å². The lowest BCUT2D eigenvalue weighted by Crippen LogP contribution is -2.46. The predicted octanol–water partition coefficient (Wildman–Crippen LogP) is 0.0768. The number of fused-ring (bicyclic) bond motifs is 1. The lowest BCUT2D eigenvalue weighted by atomic mass is 9.91. The highest BCUT2D eigenvalue weighted by atomic mass is 16.4. The Bertz CT molecular complexity index is 575. The van der Waals surface area contributed by atoms with Gasteiger partial charge in [-0.25, -0.2) is 9.78 Å². The molecule has 0 aliphatic carbocycles. The number of carboxylic acid groups (broad SMARTS) is 1. The number of hydrogen-bond acceptors (Lipinski definition) is 5. The van der Waals surface area contributed by atoms with Gasteiger partial charge in [0.25, 0.3) is 0 Å². The number of pyridine rings is 1. The molecule has 1 aromatic heterocycles. The van der Waals surface area contributed by atoms with E-state index in [1.54, 1.807) is 0 Å². The summed E-state index contributed by atoms with van der Waals surface area (Å²) in [4.78, 5) is 29.1. The number of nitrogen functional groups attached to an aromatic ring is 1. The molecule has 0 aromatic carbocycles. The highest BCUT2D eigenvalue weighted by Gasteiger charge is 2.41. The number of nitrogens with one attached hydrogen (secondary N) is 1. The van der Waals surface area contributed by atoms with Crippen molar-refractivity contribution in [1.29, 1.82) is 0 Å². The first-order valence-corrected chi connectivity index (χ1v) is 6.61. The zero-order valence-corrected chi connectivity index (χ0v) is 10.9. The second-order valence-corrected chi connectivity index (χ2v) is 5.19. The number of amides is 1. The highest BCUT2D eigenvalue weighted by Crippen LogP contribution is 2.31. The molecule has 7 nitrogen and oxygen atoms in total. The summed E-state index contributed by atoms with van der Waals surface area (Å²) < 4.78 is 0. The van der Waals surface area contributed by atoms with E-state index in [9.17, 15) is 9.59 Å². The van der Waals surface area contributed by atoms with Gasteiger partial charge in [-0.15, -0.1) is 0 Å². The van der Waals surface area contributed by atoms with Gasteiger partial charge >= 0.3 is 5.97 Å². The number of aromatic carboxylic acids is 1. The Morgan fingerprint density at radius 3 is 3.10 bits per heavy atom. The first-order valence-electron chi connectivity index (χ1n) is 6.61. The smallest absolute Gasteiger partial charge is 0.337 e. The molecule has 4 N–H and O–H groups in total. The van der Waals surface area contributed by atoms with Crippen molar-refractivity contribution in [2.75, 3.05) is 23.7 Å². The number of hydrogen-bond donors (Lipinski definition) is 3. The highest BCUT2D eigenvalue weighted by molar-refractivity contribution is 5.94. The van der Waals surface area contributed by atoms with E-state index in [-0.39, 0.29) is 29.1 Å². The normalized spacial score (nSPS) is 25.2. The second-order valence-electron chi connectivity index (χ2n) is 5.19. The fraction of sp³-hybridized carbons (Fsp3) is 0.462. The molecule has 0 saturated carbocycles. The van der Waals surface area contributed by atoms with Crippen LogP contribution in [0.15, 0.2) is 12.3 Å². The minimum atomic E-state index is -1.07. The number of nitrogens with zero attached hydrogens (tertiary/aromatic N) is 2. The van der Waals surface area contributed by atoms with Crippen molar-refractivity contribution < 1.29 is 14.7 Å². The Labute approximate surface area is 115 Å². The van der Waals surface area contributed by atoms with Crippen molar-refractivity contribution in [2.24, 2.45) is 5.92 Å². The van der Waals surface area contributed by atoms with Gasteiger partial charge in [0.15, 0.2) is 0 Å². The Morgan fingerprint density at radius 2 is 2.35 bits per heavy atom. The van der Waals surface area contributed by atoms with Crippen LogP contribution in [0.3, 0.4) is 0 Å². The second kappa shape index (κ2) is 4.66. The lowest BCUT2D eigenvalue weighted by molar-refractivity contribution is -0.123. The number of carbonyl (C=O) groups excluding carboxylic acids is 1. The van der Waals surface area contributed by atoms with Gasteiger partial charge in [-0.1, -0.05) is 0 Å². The van der Waals surface area contributed by atoms with Crippen molar-refractivity contribution in [3.63, 3.8) is 0 Å². The molecule has 2 unspecified atom stereocenters. The van der Waals surface area contributed by atoms with Crippen molar-refractivity contribution in [3.8, 4) is 0 Å². The number of carbonyl (C=O) groups is 2. The summed E-state index contributed by atoms with van der Waals surface area (Å²) in [6.07, 6.45) is 3.13. The number of piperidine rings is 1. The number of aromatic nitrogens is 1. The van der Waals surface area contributed by atoms with E-state index in [0.29, 0.717) is 12.4 Å². The van der Waals surface area contributed by atoms with Crippen LogP contribution in [0.25, 0.3) is 0 Å². The number of nitrogens with two attached hydrogens (primary N) is 1. The monoisotopic (exact) mass is 276 g/mol. The molecule has 0 spiro atoms.